The van der Waals surface area contributed by atoms with E-state index in [9.17, 15) is 9.59 Å². The Balaban J connectivity index is 2.44. The summed E-state index contributed by atoms with van der Waals surface area (Å²) in [6, 6.07) is 7.65. The van der Waals surface area contributed by atoms with Crippen molar-refractivity contribution in [2.45, 2.75) is 26.2 Å². The third-order valence-corrected chi connectivity index (χ3v) is 3.71. The summed E-state index contributed by atoms with van der Waals surface area (Å²) in [6.07, 6.45) is 0.252. The van der Waals surface area contributed by atoms with Crippen LogP contribution in [0.25, 0.3) is 0 Å². The number of benzene rings is 1. The van der Waals surface area contributed by atoms with Crippen LogP contribution in [-0.4, -0.2) is 18.5 Å². The first-order valence-corrected chi connectivity index (χ1v) is 7.25. The molecule has 1 aliphatic rings. The molecule has 0 aliphatic carbocycles. The van der Waals surface area contributed by atoms with E-state index >= 15 is 0 Å². The molecule has 1 aromatic carbocycles. The standard InChI is InChI=1S/C15H16BrNO3/c1-3-20-15(19)14-9(2)17-13(18)8-12(14)10-5-4-6-11(16)7-10/h4-7,12H,3,8H2,1-2H3,(H,17,18)/t12-/m0/s1. The zero-order valence-electron chi connectivity index (χ0n) is 11.4. The minimum Gasteiger partial charge on any atom is -0.463 e. The average molecular weight is 338 g/mol. The van der Waals surface area contributed by atoms with Crippen LogP contribution in [0.5, 0.6) is 0 Å². The molecule has 0 aromatic heterocycles. The maximum atomic E-state index is 12.1. The highest BCUT2D eigenvalue weighted by Crippen LogP contribution is 2.34. The van der Waals surface area contributed by atoms with E-state index in [0.29, 0.717) is 17.9 Å². The van der Waals surface area contributed by atoms with Gasteiger partial charge in [-0.15, -0.1) is 0 Å². The number of carbonyl (C=O) groups is 2. The van der Waals surface area contributed by atoms with E-state index in [2.05, 4.69) is 21.2 Å². The highest BCUT2D eigenvalue weighted by molar-refractivity contribution is 9.10. The Labute approximate surface area is 126 Å². The van der Waals surface area contributed by atoms with Gasteiger partial charge in [-0.25, -0.2) is 4.79 Å². The number of nitrogens with one attached hydrogen (secondary N) is 1. The number of carbonyl (C=O) groups excluding carboxylic acids is 2. The molecule has 0 bridgehead atoms. The normalized spacial score (nSPS) is 18.8. The molecule has 1 heterocycles. The Bertz CT molecular complexity index is 580. The van der Waals surface area contributed by atoms with Crippen molar-refractivity contribution in [2.24, 2.45) is 0 Å². The topological polar surface area (TPSA) is 55.4 Å². The summed E-state index contributed by atoms with van der Waals surface area (Å²) in [6.45, 7) is 3.81. The SMILES string of the molecule is CCOC(=O)C1=C(C)NC(=O)C[C@H]1c1cccc(Br)c1. The van der Waals surface area contributed by atoms with Gasteiger partial charge in [-0.3, -0.25) is 4.79 Å². The lowest BCUT2D eigenvalue weighted by molar-refractivity contribution is -0.139. The second-order valence-corrected chi connectivity index (χ2v) is 5.53. The summed E-state index contributed by atoms with van der Waals surface area (Å²) < 4.78 is 6.03. The van der Waals surface area contributed by atoms with Crippen molar-refractivity contribution in [3.8, 4) is 0 Å². The van der Waals surface area contributed by atoms with Crippen LogP contribution in [0.1, 0.15) is 31.7 Å². The summed E-state index contributed by atoms with van der Waals surface area (Å²) in [5.41, 5.74) is 2.03. The first-order chi connectivity index (χ1) is 9.52. The van der Waals surface area contributed by atoms with Gasteiger partial charge in [0.2, 0.25) is 5.91 Å². The van der Waals surface area contributed by atoms with Gasteiger partial charge in [0.25, 0.3) is 0 Å². The number of amides is 1. The molecule has 20 heavy (non-hydrogen) atoms. The van der Waals surface area contributed by atoms with Crippen LogP contribution < -0.4 is 5.32 Å². The van der Waals surface area contributed by atoms with Crippen LogP contribution in [0.4, 0.5) is 0 Å². The van der Waals surface area contributed by atoms with Crippen LogP contribution in [0.3, 0.4) is 0 Å². The molecule has 1 aliphatic heterocycles. The predicted octanol–water partition coefficient (Wildman–Crippen LogP) is 2.89. The molecule has 106 valence electrons. The Kier molecular flexibility index (Phi) is 4.60. The number of hydrogen-bond acceptors (Lipinski definition) is 3. The van der Waals surface area contributed by atoms with E-state index in [-0.39, 0.29) is 24.2 Å². The van der Waals surface area contributed by atoms with Crippen LogP contribution >= 0.6 is 15.9 Å². The summed E-state index contributed by atoms with van der Waals surface area (Å²) >= 11 is 3.41. The zero-order chi connectivity index (χ0) is 14.7. The third-order valence-electron chi connectivity index (χ3n) is 3.22. The smallest absolute Gasteiger partial charge is 0.336 e. The molecule has 0 radical (unpaired) electrons. The van der Waals surface area contributed by atoms with Gasteiger partial charge >= 0.3 is 5.97 Å². The van der Waals surface area contributed by atoms with E-state index in [1.807, 2.05) is 24.3 Å². The fourth-order valence-corrected chi connectivity index (χ4v) is 2.81. The molecule has 0 fully saturated rings. The molecule has 1 atom stereocenters. The van der Waals surface area contributed by atoms with E-state index in [0.717, 1.165) is 10.0 Å². The molecule has 0 saturated heterocycles. The lowest BCUT2D eigenvalue weighted by Gasteiger charge is -2.26. The second kappa shape index (κ2) is 6.22. The maximum Gasteiger partial charge on any atom is 0.336 e. The Morgan fingerprint density at radius 1 is 1.50 bits per heavy atom. The number of hydrogen-bond donors (Lipinski definition) is 1. The molecule has 4 nitrogen and oxygen atoms in total. The Morgan fingerprint density at radius 2 is 2.25 bits per heavy atom. The van der Waals surface area contributed by atoms with Gasteiger partial charge in [0.1, 0.15) is 0 Å². The second-order valence-electron chi connectivity index (χ2n) is 4.62. The number of rotatable bonds is 3. The van der Waals surface area contributed by atoms with E-state index in [4.69, 9.17) is 4.74 Å². The third kappa shape index (κ3) is 3.10. The molecule has 1 amide bonds. The van der Waals surface area contributed by atoms with Crippen LogP contribution in [0.2, 0.25) is 0 Å². The fourth-order valence-electron chi connectivity index (χ4n) is 2.39. The van der Waals surface area contributed by atoms with Gasteiger partial charge in [-0.1, -0.05) is 28.1 Å². The highest BCUT2D eigenvalue weighted by atomic mass is 79.9. The molecule has 1 aromatic rings. The molecular formula is C15H16BrNO3. The maximum absolute atomic E-state index is 12.1. The molecule has 0 spiro atoms. The molecular weight excluding hydrogens is 322 g/mol. The summed E-state index contributed by atoms with van der Waals surface area (Å²) in [7, 11) is 0. The Morgan fingerprint density at radius 3 is 2.90 bits per heavy atom. The van der Waals surface area contributed by atoms with Crippen molar-refractivity contribution < 1.29 is 14.3 Å². The van der Waals surface area contributed by atoms with Gasteiger partial charge in [0, 0.05) is 22.5 Å². The van der Waals surface area contributed by atoms with Crippen molar-refractivity contribution in [2.75, 3.05) is 6.61 Å². The van der Waals surface area contributed by atoms with Crippen LogP contribution in [0.15, 0.2) is 40.0 Å². The Hall–Kier alpha value is -1.62. The van der Waals surface area contributed by atoms with Gasteiger partial charge in [0.15, 0.2) is 0 Å². The number of allylic oxidation sites excluding steroid dienone is 1. The highest BCUT2D eigenvalue weighted by Gasteiger charge is 2.32. The van der Waals surface area contributed by atoms with E-state index in [1.54, 1.807) is 13.8 Å². The van der Waals surface area contributed by atoms with Crippen LogP contribution in [0, 0.1) is 0 Å². The first-order valence-electron chi connectivity index (χ1n) is 6.46. The monoisotopic (exact) mass is 337 g/mol. The quantitative estimate of drug-likeness (QED) is 0.863. The fraction of sp³-hybridized carbons (Fsp3) is 0.333. The van der Waals surface area contributed by atoms with Crippen molar-refractivity contribution >= 4 is 27.8 Å². The molecule has 2 rings (SSSR count). The largest absolute Gasteiger partial charge is 0.463 e. The zero-order valence-corrected chi connectivity index (χ0v) is 13.0. The average Bonchev–Trinajstić information content (AvgIpc) is 2.37. The van der Waals surface area contributed by atoms with E-state index < -0.39 is 0 Å². The van der Waals surface area contributed by atoms with Gasteiger partial charge in [-0.05, 0) is 31.5 Å². The molecule has 0 saturated carbocycles. The lowest BCUT2D eigenvalue weighted by Crippen LogP contribution is -2.34. The van der Waals surface area contributed by atoms with E-state index in [1.165, 1.54) is 0 Å². The summed E-state index contributed by atoms with van der Waals surface area (Å²) in [5.74, 6) is -0.712. The van der Waals surface area contributed by atoms with Crippen molar-refractivity contribution in [3.05, 3.63) is 45.6 Å². The van der Waals surface area contributed by atoms with Gasteiger partial charge < -0.3 is 10.1 Å². The van der Waals surface area contributed by atoms with Crippen LogP contribution in [-0.2, 0) is 14.3 Å². The number of ether oxygens (including phenoxy) is 1. The van der Waals surface area contributed by atoms with Gasteiger partial charge in [-0.2, -0.15) is 0 Å². The van der Waals surface area contributed by atoms with Crippen molar-refractivity contribution in [1.82, 2.24) is 5.32 Å². The molecule has 1 N–H and O–H groups in total. The first kappa shape index (κ1) is 14.8. The van der Waals surface area contributed by atoms with Crippen molar-refractivity contribution in [3.63, 3.8) is 0 Å². The van der Waals surface area contributed by atoms with Crippen molar-refractivity contribution in [1.29, 1.82) is 0 Å². The minimum absolute atomic E-state index is 0.0828. The predicted molar refractivity (Wildman–Crippen MR) is 79.0 cm³/mol. The summed E-state index contributed by atoms with van der Waals surface area (Å²) in [5, 5.41) is 2.71. The minimum atomic E-state index is -0.366. The van der Waals surface area contributed by atoms with Gasteiger partial charge in [0.05, 0.1) is 12.2 Å². The number of esters is 1. The molecule has 0 unspecified atom stereocenters. The summed E-state index contributed by atoms with van der Waals surface area (Å²) in [4.78, 5) is 23.9. The molecule has 5 heteroatoms. The lowest BCUT2D eigenvalue weighted by atomic mass is 9.84. The number of halogens is 1.